The van der Waals surface area contributed by atoms with Crippen LogP contribution in [0.1, 0.15) is 80.4 Å². The zero-order valence-electron chi connectivity index (χ0n) is 21.1. The van der Waals surface area contributed by atoms with E-state index in [1.165, 1.54) is 24.4 Å². The maximum absolute atomic E-state index is 13.1. The third-order valence-corrected chi connectivity index (χ3v) is 6.71. The van der Waals surface area contributed by atoms with Crippen molar-refractivity contribution >= 4 is 5.97 Å². The first-order valence-corrected chi connectivity index (χ1v) is 11.9. The molecule has 4 nitrogen and oxygen atoms in total. The largest absolute Gasteiger partial charge is 1.00 e. The third-order valence-electron chi connectivity index (χ3n) is 6.71. The van der Waals surface area contributed by atoms with Gasteiger partial charge in [-0.15, -0.1) is 0 Å². The molecule has 1 aromatic carbocycles. The molecule has 0 spiro atoms. The van der Waals surface area contributed by atoms with Gasteiger partial charge in [0.15, 0.2) is 0 Å². The number of pyridine rings is 1. The number of carbonyl (C=O) groups is 1. The smallest absolute Gasteiger partial charge is 0.550 e. The van der Waals surface area contributed by atoms with Gasteiger partial charge in [0.05, 0.1) is 5.56 Å². The average Bonchev–Trinajstić information content (AvgIpc) is 2.78. The fourth-order valence-electron chi connectivity index (χ4n) is 4.86. The first-order chi connectivity index (χ1) is 16.8. The molecular weight excluding hydrogens is 509 g/mol. The Labute approximate surface area is 234 Å². The van der Waals surface area contributed by atoms with Gasteiger partial charge < -0.3 is 9.90 Å². The maximum Gasteiger partial charge on any atom is 1.00 e. The zero-order valence-corrected chi connectivity index (χ0v) is 23.1. The minimum absolute atomic E-state index is 0. The maximum atomic E-state index is 13.1. The van der Waals surface area contributed by atoms with E-state index in [0.717, 1.165) is 24.6 Å². The van der Waals surface area contributed by atoms with Crippen molar-refractivity contribution in [3.05, 3.63) is 65.0 Å². The molecule has 3 rings (SSSR count). The number of benzene rings is 1. The van der Waals surface area contributed by atoms with E-state index in [9.17, 15) is 36.2 Å². The van der Waals surface area contributed by atoms with Crippen LogP contribution >= 0.6 is 0 Å². The van der Waals surface area contributed by atoms with E-state index in [1.54, 1.807) is 0 Å². The summed E-state index contributed by atoms with van der Waals surface area (Å²) in [6.45, 7) is 4.50. The molecule has 0 amide bonds. The van der Waals surface area contributed by atoms with Crippen molar-refractivity contribution in [3.63, 3.8) is 0 Å². The summed E-state index contributed by atoms with van der Waals surface area (Å²) >= 11 is 0. The number of rotatable bonds is 8. The van der Waals surface area contributed by atoms with Gasteiger partial charge >= 0.3 is 41.9 Å². The van der Waals surface area contributed by atoms with Crippen molar-refractivity contribution in [2.24, 2.45) is 11.8 Å². The third kappa shape index (κ3) is 8.70. The van der Waals surface area contributed by atoms with Crippen LogP contribution in [0.4, 0.5) is 26.3 Å². The quantitative estimate of drug-likeness (QED) is 0.383. The summed E-state index contributed by atoms with van der Waals surface area (Å²) in [6.07, 6.45) is -5.74. The van der Waals surface area contributed by atoms with Crippen molar-refractivity contribution < 1.29 is 65.8 Å². The van der Waals surface area contributed by atoms with Crippen molar-refractivity contribution in [1.29, 1.82) is 0 Å². The second-order valence-electron chi connectivity index (χ2n) is 9.80. The average molecular weight is 539 g/mol. The molecule has 0 saturated carbocycles. The summed E-state index contributed by atoms with van der Waals surface area (Å²) in [5, 5.41) is 11.2. The van der Waals surface area contributed by atoms with Crippen molar-refractivity contribution in [3.8, 4) is 0 Å². The number of halogens is 6. The predicted molar refractivity (Wildman–Crippen MR) is 119 cm³/mol. The molecule has 2 aromatic rings. The van der Waals surface area contributed by atoms with E-state index in [2.05, 4.69) is 9.88 Å². The number of nitrogens with zero attached hydrogens (tertiary/aromatic N) is 2. The second kappa shape index (κ2) is 13.0. The molecule has 1 aliphatic heterocycles. The summed E-state index contributed by atoms with van der Waals surface area (Å²) in [6, 6.07) is 6.38. The van der Waals surface area contributed by atoms with Gasteiger partial charge in [-0.1, -0.05) is 32.0 Å². The fraction of sp³-hybridized carbons (Fsp3) is 0.538. The number of carboxylic acids is 1. The second-order valence-corrected chi connectivity index (χ2v) is 9.80. The van der Waals surface area contributed by atoms with E-state index >= 15 is 0 Å². The van der Waals surface area contributed by atoms with Crippen LogP contribution in [0.25, 0.3) is 0 Å². The number of alkyl halides is 6. The van der Waals surface area contributed by atoms with Gasteiger partial charge in [0.2, 0.25) is 0 Å². The van der Waals surface area contributed by atoms with Crippen LogP contribution in [0.3, 0.4) is 0 Å². The molecule has 1 aromatic heterocycles. The molecule has 0 unspecified atom stereocenters. The molecule has 1 aliphatic rings. The van der Waals surface area contributed by atoms with E-state index in [0.29, 0.717) is 42.9 Å². The Morgan fingerprint density at radius 2 is 1.68 bits per heavy atom. The van der Waals surface area contributed by atoms with Gasteiger partial charge in [-0.25, -0.2) is 0 Å². The molecule has 198 valence electrons. The Balaban J connectivity index is 0.00000481. The Bertz CT molecular complexity index is 1010. The molecule has 2 heterocycles. The van der Waals surface area contributed by atoms with E-state index in [1.807, 2.05) is 13.8 Å². The first kappa shape index (κ1) is 31.6. The standard InChI is InChI=1S/C26H30F6N2O2.Na/c1-16(2)3-9-21(19-6-10-23(33-15-19)26(30,31)32)34-12-11-17(14-24(35)36)13-22(34)18-4-7-20(8-5-18)25(27,28)29;/h4-8,10,15-17,21-22H,3,9,11-14H2,1-2H3,(H,35,36);/q;+1/p-1/t17-,21-,22+;/m1./s1. The zero-order chi connectivity index (χ0) is 26.7. The summed E-state index contributed by atoms with van der Waals surface area (Å²) in [4.78, 5) is 16.9. The van der Waals surface area contributed by atoms with Crippen LogP contribution in [-0.2, 0) is 17.1 Å². The van der Waals surface area contributed by atoms with Crippen LogP contribution < -0.4 is 34.7 Å². The Hall–Kier alpha value is -1.62. The van der Waals surface area contributed by atoms with Crippen LogP contribution in [0.2, 0.25) is 0 Å². The van der Waals surface area contributed by atoms with Crippen LogP contribution in [0.5, 0.6) is 0 Å². The molecule has 3 atom stereocenters. The number of likely N-dealkylation sites (tertiary alicyclic amines) is 1. The van der Waals surface area contributed by atoms with Gasteiger partial charge in [-0.3, -0.25) is 9.88 Å². The van der Waals surface area contributed by atoms with Gasteiger partial charge in [-0.2, -0.15) is 26.3 Å². The number of hydrogen-bond acceptors (Lipinski definition) is 4. The molecule has 0 radical (unpaired) electrons. The molecule has 0 bridgehead atoms. The van der Waals surface area contributed by atoms with E-state index in [4.69, 9.17) is 0 Å². The van der Waals surface area contributed by atoms with Crippen LogP contribution in [0, 0.1) is 11.8 Å². The molecule has 0 aliphatic carbocycles. The van der Waals surface area contributed by atoms with Crippen LogP contribution in [0.15, 0.2) is 42.6 Å². The topological polar surface area (TPSA) is 56.3 Å². The predicted octanol–water partition coefficient (Wildman–Crippen LogP) is 3.19. The molecule has 37 heavy (non-hydrogen) atoms. The Morgan fingerprint density at radius 3 is 2.16 bits per heavy atom. The normalized spacial score (nSPS) is 19.9. The molecule has 11 heteroatoms. The first-order valence-electron chi connectivity index (χ1n) is 11.9. The number of piperidine rings is 1. The minimum atomic E-state index is -4.57. The Kier molecular flexibility index (Phi) is 11.1. The summed E-state index contributed by atoms with van der Waals surface area (Å²) in [5.41, 5.74) is -0.608. The van der Waals surface area contributed by atoms with Crippen molar-refractivity contribution in [2.75, 3.05) is 6.54 Å². The van der Waals surface area contributed by atoms with Crippen LogP contribution in [-0.4, -0.2) is 22.4 Å². The monoisotopic (exact) mass is 538 g/mol. The van der Waals surface area contributed by atoms with E-state index in [-0.39, 0.29) is 47.9 Å². The van der Waals surface area contributed by atoms with Gasteiger partial charge in [-0.05, 0) is 79.8 Å². The SMILES string of the molecule is CC(C)CC[C@H](c1ccc(C(F)(F)F)nc1)N1CC[C@@H](CC(=O)[O-])C[C@H]1c1ccc(C(F)(F)F)cc1.[Na+]. The molecule has 0 N–H and O–H groups in total. The summed E-state index contributed by atoms with van der Waals surface area (Å²) in [5.74, 6) is -1.10. The summed E-state index contributed by atoms with van der Waals surface area (Å²) < 4.78 is 78.6. The van der Waals surface area contributed by atoms with Crippen molar-refractivity contribution in [2.45, 2.75) is 70.4 Å². The van der Waals surface area contributed by atoms with Gasteiger partial charge in [0.25, 0.3) is 0 Å². The number of carbonyl (C=O) groups excluding carboxylic acids is 1. The Morgan fingerprint density at radius 1 is 1.03 bits per heavy atom. The minimum Gasteiger partial charge on any atom is -0.550 e. The number of aromatic nitrogens is 1. The fourth-order valence-corrected chi connectivity index (χ4v) is 4.86. The molecular formula is C26H29F6N2NaO2. The molecule has 1 fully saturated rings. The molecule has 1 saturated heterocycles. The van der Waals surface area contributed by atoms with Gasteiger partial charge in [0, 0.05) is 24.2 Å². The van der Waals surface area contributed by atoms with Crippen molar-refractivity contribution in [1.82, 2.24) is 9.88 Å². The number of carboxylic acid groups (broad SMARTS) is 1. The summed E-state index contributed by atoms with van der Waals surface area (Å²) in [7, 11) is 0. The number of hydrogen-bond donors (Lipinski definition) is 0. The van der Waals surface area contributed by atoms with Gasteiger partial charge in [0.1, 0.15) is 5.69 Å². The number of aliphatic carboxylic acids is 1. The van der Waals surface area contributed by atoms with E-state index < -0.39 is 35.6 Å².